The Kier molecular flexibility index (Phi) is 6.64. The summed E-state index contributed by atoms with van der Waals surface area (Å²) in [6.45, 7) is 5.93. The summed E-state index contributed by atoms with van der Waals surface area (Å²) >= 11 is 0. The summed E-state index contributed by atoms with van der Waals surface area (Å²) in [6.07, 6.45) is -0.0970. The molecule has 0 amide bonds. The lowest BCUT2D eigenvalue weighted by Gasteiger charge is -2.30. The Bertz CT molecular complexity index is 428. The van der Waals surface area contributed by atoms with E-state index in [4.69, 9.17) is 9.29 Å². The molecule has 1 unspecified atom stereocenters. The van der Waals surface area contributed by atoms with Gasteiger partial charge in [-0.1, -0.05) is 6.58 Å². The molecule has 7 nitrogen and oxygen atoms in total. The van der Waals surface area contributed by atoms with Gasteiger partial charge in [0, 0.05) is 12.0 Å². The van der Waals surface area contributed by atoms with Crippen molar-refractivity contribution in [2.75, 3.05) is 33.8 Å². The highest BCUT2D eigenvalue weighted by Gasteiger charge is 2.24. The van der Waals surface area contributed by atoms with Gasteiger partial charge in [0.1, 0.15) is 13.2 Å². The third kappa shape index (κ3) is 7.93. The monoisotopic (exact) mass is 296 g/mol. The lowest BCUT2D eigenvalue weighted by atomic mass is 10.3. The number of rotatable bonds is 8. The Morgan fingerprint density at radius 1 is 1.37 bits per heavy atom. The molecule has 0 rings (SSSR count). The molecule has 2 N–H and O–H groups in total. The molecular weight excluding hydrogens is 274 g/mol. The van der Waals surface area contributed by atoms with Crippen molar-refractivity contribution < 1.29 is 32.1 Å². The average molecular weight is 296 g/mol. The van der Waals surface area contributed by atoms with Crippen LogP contribution in [-0.2, 0) is 19.6 Å². The summed E-state index contributed by atoms with van der Waals surface area (Å²) in [7, 11) is -0.828. The fraction of sp³-hybridized carbons (Fsp3) is 0.727. The minimum Gasteiger partial charge on any atom is -0.456 e. The van der Waals surface area contributed by atoms with Crippen molar-refractivity contribution in [3.05, 3.63) is 12.2 Å². The van der Waals surface area contributed by atoms with Gasteiger partial charge >= 0.3 is 5.97 Å². The van der Waals surface area contributed by atoms with Crippen molar-refractivity contribution in [2.45, 2.75) is 18.8 Å². The van der Waals surface area contributed by atoms with E-state index in [1.165, 1.54) is 0 Å². The zero-order chi connectivity index (χ0) is 15.3. The highest BCUT2D eigenvalue weighted by Crippen LogP contribution is 2.06. The van der Waals surface area contributed by atoms with Gasteiger partial charge in [0.05, 0.1) is 20.6 Å². The number of likely N-dealkylation sites (N-methyl/N-ethyl adjacent to an activating group) is 1. The molecule has 0 saturated heterocycles. The lowest BCUT2D eigenvalue weighted by molar-refractivity contribution is -0.890. The molecular formula is C11H22NO6S+. The predicted octanol–water partition coefficient (Wildman–Crippen LogP) is -0.222. The van der Waals surface area contributed by atoms with Crippen LogP contribution in [0.3, 0.4) is 0 Å². The standard InChI is InChI=1S/C11H21NO6S/c1-9(2)11(14)18-8-7-12(3,4)6-5-10(13)19(15,16)17/h10,13H,1,5-8H2,2-4H3/p+1. The molecule has 8 heteroatoms. The number of quaternary nitrogens is 1. The van der Waals surface area contributed by atoms with Crippen LogP contribution in [0, 0.1) is 0 Å². The lowest BCUT2D eigenvalue weighted by Crippen LogP contribution is -2.45. The third-order valence-corrected chi connectivity index (χ3v) is 3.53. The highest BCUT2D eigenvalue weighted by atomic mass is 32.2. The van der Waals surface area contributed by atoms with Gasteiger partial charge in [-0.15, -0.1) is 0 Å². The molecule has 0 heterocycles. The van der Waals surface area contributed by atoms with E-state index in [0.29, 0.717) is 23.1 Å². The van der Waals surface area contributed by atoms with Gasteiger partial charge < -0.3 is 14.3 Å². The summed E-state index contributed by atoms with van der Waals surface area (Å²) in [5, 5.41) is 9.19. The van der Waals surface area contributed by atoms with Crippen LogP contribution in [0.15, 0.2) is 12.2 Å². The summed E-state index contributed by atoms with van der Waals surface area (Å²) in [5.74, 6) is -0.474. The Morgan fingerprint density at radius 3 is 2.32 bits per heavy atom. The maximum absolute atomic E-state index is 11.1. The number of hydrogen-bond donors (Lipinski definition) is 2. The van der Waals surface area contributed by atoms with Gasteiger partial charge in [0.15, 0.2) is 5.44 Å². The van der Waals surface area contributed by atoms with Crippen molar-refractivity contribution in [3.63, 3.8) is 0 Å². The van der Waals surface area contributed by atoms with Gasteiger partial charge in [0.2, 0.25) is 0 Å². The van der Waals surface area contributed by atoms with E-state index in [2.05, 4.69) is 6.58 Å². The number of nitrogens with zero attached hydrogens (tertiary/aromatic N) is 1. The van der Waals surface area contributed by atoms with Gasteiger partial charge in [-0.3, -0.25) is 4.55 Å². The summed E-state index contributed by atoms with van der Waals surface area (Å²) in [5.41, 5.74) is -1.48. The van der Waals surface area contributed by atoms with E-state index in [1.807, 2.05) is 0 Å². The second-order valence-electron chi connectivity index (χ2n) is 5.06. The van der Waals surface area contributed by atoms with Crippen LogP contribution >= 0.6 is 0 Å². The van der Waals surface area contributed by atoms with E-state index in [9.17, 15) is 18.3 Å². The first-order valence-electron chi connectivity index (χ1n) is 5.75. The maximum atomic E-state index is 11.1. The van der Waals surface area contributed by atoms with Crippen LogP contribution in [0.5, 0.6) is 0 Å². The van der Waals surface area contributed by atoms with Gasteiger partial charge in [-0.05, 0) is 6.92 Å². The van der Waals surface area contributed by atoms with E-state index in [0.717, 1.165) is 0 Å². The molecule has 0 aromatic heterocycles. The van der Waals surface area contributed by atoms with Crippen LogP contribution in [-0.4, -0.2) is 67.8 Å². The van der Waals surface area contributed by atoms with E-state index in [-0.39, 0.29) is 13.0 Å². The number of hydrogen-bond acceptors (Lipinski definition) is 5. The average Bonchev–Trinajstić information content (AvgIpc) is 2.24. The molecule has 0 fully saturated rings. The summed E-state index contributed by atoms with van der Waals surface area (Å²) in [6, 6.07) is 0. The number of aliphatic hydroxyl groups excluding tert-OH is 1. The zero-order valence-corrected chi connectivity index (χ0v) is 12.3. The number of esters is 1. The van der Waals surface area contributed by atoms with Gasteiger partial charge in [-0.2, -0.15) is 8.42 Å². The van der Waals surface area contributed by atoms with Crippen molar-refractivity contribution in [3.8, 4) is 0 Å². The van der Waals surface area contributed by atoms with Crippen LogP contribution in [0.4, 0.5) is 0 Å². The predicted molar refractivity (Wildman–Crippen MR) is 69.8 cm³/mol. The summed E-state index contributed by atoms with van der Waals surface area (Å²) in [4.78, 5) is 11.1. The van der Waals surface area contributed by atoms with Crippen LogP contribution in [0.1, 0.15) is 13.3 Å². The van der Waals surface area contributed by atoms with Gasteiger partial charge in [-0.25, -0.2) is 4.79 Å². The first kappa shape index (κ1) is 18.0. The SMILES string of the molecule is C=C(C)C(=O)OCC[N+](C)(C)CCC(O)S(=O)(=O)O. The minimum absolute atomic E-state index is 0.0970. The molecule has 0 saturated carbocycles. The smallest absolute Gasteiger partial charge is 0.333 e. The van der Waals surface area contributed by atoms with Crippen molar-refractivity contribution in [1.82, 2.24) is 0 Å². The number of aliphatic hydroxyl groups is 1. The molecule has 112 valence electrons. The first-order valence-corrected chi connectivity index (χ1v) is 7.25. The largest absolute Gasteiger partial charge is 0.456 e. The minimum atomic E-state index is -4.42. The molecule has 0 radical (unpaired) electrons. The van der Waals surface area contributed by atoms with Crippen LogP contribution in [0.2, 0.25) is 0 Å². The maximum Gasteiger partial charge on any atom is 0.333 e. The number of ether oxygens (including phenoxy) is 1. The Balaban J connectivity index is 4.13. The normalized spacial score (nSPS) is 13.9. The Morgan fingerprint density at radius 2 is 1.89 bits per heavy atom. The quantitative estimate of drug-likeness (QED) is 0.278. The number of carbonyl (C=O) groups is 1. The molecule has 0 spiro atoms. The topological polar surface area (TPSA) is 101 Å². The molecule has 0 aliphatic rings. The fourth-order valence-electron chi connectivity index (χ4n) is 1.23. The van der Waals surface area contributed by atoms with Crippen molar-refractivity contribution in [1.29, 1.82) is 0 Å². The first-order chi connectivity index (χ1) is 8.46. The molecule has 0 aliphatic carbocycles. The van der Waals surface area contributed by atoms with E-state index >= 15 is 0 Å². The summed E-state index contributed by atoms with van der Waals surface area (Å²) < 4.78 is 35.2. The molecule has 19 heavy (non-hydrogen) atoms. The molecule has 0 aliphatic heterocycles. The highest BCUT2D eigenvalue weighted by molar-refractivity contribution is 7.86. The molecule has 0 aromatic rings. The third-order valence-electron chi connectivity index (χ3n) is 2.60. The van der Waals surface area contributed by atoms with E-state index in [1.54, 1.807) is 21.0 Å². The van der Waals surface area contributed by atoms with Crippen molar-refractivity contribution >= 4 is 16.1 Å². The Hall–Kier alpha value is -0.960. The van der Waals surface area contributed by atoms with Crippen molar-refractivity contribution in [2.24, 2.45) is 0 Å². The molecule has 1 atom stereocenters. The van der Waals surface area contributed by atoms with Crippen LogP contribution in [0.25, 0.3) is 0 Å². The van der Waals surface area contributed by atoms with Crippen LogP contribution < -0.4 is 0 Å². The molecule has 0 aromatic carbocycles. The zero-order valence-electron chi connectivity index (χ0n) is 11.5. The fourth-order valence-corrected chi connectivity index (χ4v) is 1.63. The second-order valence-corrected chi connectivity index (χ2v) is 6.63. The second kappa shape index (κ2) is 6.99. The molecule has 0 bridgehead atoms. The van der Waals surface area contributed by atoms with E-state index < -0.39 is 21.5 Å². The number of carbonyl (C=O) groups excluding carboxylic acids is 1. The van der Waals surface area contributed by atoms with Gasteiger partial charge in [0.25, 0.3) is 10.1 Å². The Labute approximate surface area is 113 Å².